The minimum absolute atomic E-state index is 0.0693. The molecule has 5 aliphatic rings. The monoisotopic (exact) mass is 482 g/mol. The van der Waals surface area contributed by atoms with Gasteiger partial charge in [0.05, 0.1) is 12.7 Å². The topological polar surface area (TPSA) is 143 Å². The molecule has 0 bridgehead atoms. The third-order valence-electron chi connectivity index (χ3n) is 9.95. The van der Waals surface area contributed by atoms with Gasteiger partial charge >= 0.3 is 0 Å². The van der Waals surface area contributed by atoms with Gasteiger partial charge in [-0.2, -0.15) is 0 Å². The number of hydrogen-bond donors (Lipinski definition) is 4. The van der Waals surface area contributed by atoms with Crippen molar-refractivity contribution in [2.24, 2.45) is 34.5 Å². The Bertz CT molecular complexity index is 876. The molecule has 2 aliphatic carbocycles. The van der Waals surface area contributed by atoms with E-state index in [2.05, 4.69) is 0 Å². The van der Waals surface area contributed by atoms with Crippen molar-refractivity contribution in [3.8, 4) is 0 Å². The van der Waals surface area contributed by atoms with Crippen LogP contribution in [0.25, 0.3) is 0 Å². The highest BCUT2D eigenvalue weighted by Gasteiger charge is 2.80. The van der Waals surface area contributed by atoms with Crippen molar-refractivity contribution in [1.29, 1.82) is 0 Å². The van der Waals surface area contributed by atoms with Crippen LogP contribution in [0.4, 0.5) is 0 Å². The van der Waals surface area contributed by atoms with Crippen molar-refractivity contribution in [1.82, 2.24) is 0 Å². The van der Waals surface area contributed by atoms with Crippen molar-refractivity contribution in [3.63, 3.8) is 0 Å². The van der Waals surface area contributed by atoms with Crippen LogP contribution in [0.15, 0.2) is 0 Å². The fourth-order valence-electron chi connectivity index (χ4n) is 7.56. The third kappa shape index (κ3) is 3.04. The second-order valence-corrected chi connectivity index (χ2v) is 12.1. The molecule has 192 valence electrons. The lowest BCUT2D eigenvalue weighted by Crippen LogP contribution is -2.78. The second-order valence-electron chi connectivity index (χ2n) is 12.1. The highest BCUT2D eigenvalue weighted by atomic mass is 16.8. The molecule has 1 unspecified atom stereocenters. The number of fused-ring (bicyclic) bond motifs is 2. The van der Waals surface area contributed by atoms with Gasteiger partial charge in [-0.3, -0.25) is 9.59 Å². The van der Waals surface area contributed by atoms with Crippen LogP contribution in [0.1, 0.15) is 66.2 Å². The molecule has 2 saturated carbocycles. The molecule has 11 atom stereocenters. The molecule has 4 N–H and O–H groups in total. The lowest BCUT2D eigenvalue weighted by molar-refractivity contribution is -0.460. The number of carbonyl (C=O) groups is 2. The SMILES string of the molecule is CC(C)C(=O)CC[C@]1(C)CC[C@]2(C)[C@H](CC[C@H]3[C@@H]4[C@H]2O[C@@H]2OC[C@@H](O)[C@](O)(O[C@@H]3O)C24O)C1=O. The number of aliphatic hydroxyl groups excluding tert-OH is 2. The number of ether oxygens (including phenoxy) is 3. The summed E-state index contributed by atoms with van der Waals surface area (Å²) in [6.07, 6.45) is -1.97. The van der Waals surface area contributed by atoms with Gasteiger partial charge in [0.15, 0.2) is 18.2 Å². The summed E-state index contributed by atoms with van der Waals surface area (Å²) in [4.78, 5) is 26.2. The van der Waals surface area contributed by atoms with E-state index in [4.69, 9.17) is 14.2 Å². The van der Waals surface area contributed by atoms with Gasteiger partial charge in [-0.1, -0.05) is 27.7 Å². The molecule has 34 heavy (non-hydrogen) atoms. The van der Waals surface area contributed by atoms with E-state index in [9.17, 15) is 30.0 Å². The van der Waals surface area contributed by atoms with Crippen molar-refractivity contribution in [3.05, 3.63) is 0 Å². The number of ketones is 2. The van der Waals surface area contributed by atoms with Gasteiger partial charge in [-0.05, 0) is 32.1 Å². The van der Waals surface area contributed by atoms with Gasteiger partial charge in [0.1, 0.15) is 17.7 Å². The Balaban J connectivity index is 1.50. The summed E-state index contributed by atoms with van der Waals surface area (Å²) in [5.41, 5.74) is -3.38. The van der Waals surface area contributed by atoms with Crippen LogP contribution in [0.3, 0.4) is 0 Å². The van der Waals surface area contributed by atoms with Crippen LogP contribution in [-0.2, 0) is 23.8 Å². The number of carbonyl (C=O) groups excluding carboxylic acids is 2. The molecule has 0 radical (unpaired) electrons. The molecular formula is C25H38O9. The highest BCUT2D eigenvalue weighted by Crippen LogP contribution is 2.65. The third-order valence-corrected chi connectivity index (χ3v) is 9.95. The fraction of sp³-hybridized carbons (Fsp3) is 0.920. The van der Waals surface area contributed by atoms with Gasteiger partial charge in [0.2, 0.25) is 5.79 Å². The van der Waals surface area contributed by atoms with Gasteiger partial charge in [0.25, 0.3) is 0 Å². The number of rotatable bonds is 4. The van der Waals surface area contributed by atoms with E-state index in [1.807, 2.05) is 27.7 Å². The molecule has 0 aromatic rings. The van der Waals surface area contributed by atoms with E-state index >= 15 is 0 Å². The summed E-state index contributed by atoms with van der Waals surface area (Å²) in [7, 11) is 0. The Hall–Kier alpha value is -0.940. The molecule has 9 heteroatoms. The van der Waals surface area contributed by atoms with E-state index in [-0.39, 0.29) is 24.1 Å². The largest absolute Gasteiger partial charge is 0.385 e. The van der Waals surface area contributed by atoms with Crippen LogP contribution in [0.5, 0.6) is 0 Å². The first kappa shape index (κ1) is 24.7. The second kappa shape index (κ2) is 7.78. The highest BCUT2D eigenvalue weighted by molar-refractivity contribution is 5.89. The van der Waals surface area contributed by atoms with Crippen LogP contribution in [0.2, 0.25) is 0 Å². The Kier molecular flexibility index (Phi) is 5.66. The van der Waals surface area contributed by atoms with Crippen molar-refractivity contribution < 1.29 is 44.2 Å². The Morgan fingerprint density at radius 3 is 2.53 bits per heavy atom. The first-order valence-electron chi connectivity index (χ1n) is 12.6. The summed E-state index contributed by atoms with van der Waals surface area (Å²) in [5.74, 6) is -4.05. The average molecular weight is 483 g/mol. The molecule has 5 fully saturated rings. The van der Waals surface area contributed by atoms with Crippen molar-refractivity contribution in [2.75, 3.05) is 6.61 Å². The van der Waals surface area contributed by atoms with E-state index < -0.39 is 64.8 Å². The van der Waals surface area contributed by atoms with Crippen molar-refractivity contribution >= 4 is 11.6 Å². The Morgan fingerprint density at radius 1 is 1.15 bits per heavy atom. The van der Waals surface area contributed by atoms with Crippen molar-refractivity contribution in [2.45, 2.75) is 102 Å². The lowest BCUT2D eigenvalue weighted by Gasteiger charge is -2.57. The first-order valence-corrected chi connectivity index (χ1v) is 12.6. The minimum Gasteiger partial charge on any atom is -0.385 e. The molecule has 0 aromatic carbocycles. The number of hydrogen-bond acceptors (Lipinski definition) is 9. The maximum atomic E-state index is 14.0. The summed E-state index contributed by atoms with van der Waals surface area (Å²) >= 11 is 0. The standard InChI is InChI=1S/C25H38O9/c1-12(2)15(26)7-8-22(3)9-10-23(4)14(18(22)28)6-5-13-17-19(23)33-21-24(17,30)25(31,34-20(13)29)16(27)11-32-21/h12-14,16-17,19-21,27,29-31H,5-11H2,1-4H3/t13-,14+,16+,17+,19+,20-,21-,22+,23+,24?,25-/m0/s1. The molecule has 5 rings (SSSR count). The van der Waals surface area contributed by atoms with Crippen LogP contribution in [-0.4, -0.2) is 74.8 Å². The van der Waals surface area contributed by atoms with Crippen LogP contribution in [0, 0.1) is 34.5 Å². The zero-order chi connectivity index (χ0) is 24.8. The zero-order valence-electron chi connectivity index (χ0n) is 20.4. The van der Waals surface area contributed by atoms with E-state index in [0.29, 0.717) is 38.5 Å². The molecule has 0 spiro atoms. The summed E-state index contributed by atoms with van der Waals surface area (Å²) in [6.45, 7) is 7.35. The maximum Gasteiger partial charge on any atom is 0.231 e. The quantitative estimate of drug-likeness (QED) is 0.459. The molecule has 3 aliphatic heterocycles. The maximum absolute atomic E-state index is 14.0. The molecular weight excluding hydrogens is 444 g/mol. The predicted octanol–water partition coefficient (Wildman–Crippen LogP) is 0.894. The molecule has 3 heterocycles. The van der Waals surface area contributed by atoms with Crippen LogP contribution < -0.4 is 0 Å². The minimum atomic E-state index is -2.44. The van der Waals surface area contributed by atoms with Gasteiger partial charge < -0.3 is 34.6 Å². The number of aliphatic hydroxyl groups is 4. The summed E-state index contributed by atoms with van der Waals surface area (Å²) < 4.78 is 17.4. The van der Waals surface area contributed by atoms with Gasteiger partial charge in [-0.25, -0.2) is 0 Å². The van der Waals surface area contributed by atoms with E-state index in [1.54, 1.807) is 0 Å². The molecule has 3 saturated heterocycles. The van der Waals surface area contributed by atoms with E-state index in [0.717, 1.165) is 0 Å². The van der Waals surface area contributed by atoms with Gasteiger partial charge in [0, 0.05) is 40.9 Å². The average Bonchev–Trinajstić information content (AvgIpc) is 3.01. The van der Waals surface area contributed by atoms with Gasteiger partial charge in [-0.15, -0.1) is 0 Å². The predicted molar refractivity (Wildman–Crippen MR) is 117 cm³/mol. The summed E-state index contributed by atoms with van der Waals surface area (Å²) in [5, 5.41) is 44.4. The first-order chi connectivity index (χ1) is 15.8. The zero-order valence-corrected chi connectivity index (χ0v) is 20.4. The number of Topliss-reactive ketones (excluding diaryl/α,β-unsaturated/α-hetero) is 2. The normalized spacial score (nSPS) is 54.4. The lowest BCUT2D eigenvalue weighted by atomic mass is 9.53. The Morgan fingerprint density at radius 2 is 1.85 bits per heavy atom. The van der Waals surface area contributed by atoms with E-state index in [1.165, 1.54) is 0 Å². The molecule has 9 nitrogen and oxygen atoms in total. The summed E-state index contributed by atoms with van der Waals surface area (Å²) in [6, 6.07) is 0. The Labute approximate surface area is 199 Å². The molecule has 0 amide bonds. The smallest absolute Gasteiger partial charge is 0.231 e. The molecule has 0 aromatic heterocycles. The van der Waals surface area contributed by atoms with Crippen LogP contribution >= 0.6 is 0 Å². The fourth-order valence-corrected chi connectivity index (χ4v) is 7.56.